The molecule has 84 valence electrons. The van der Waals surface area contributed by atoms with Crippen molar-refractivity contribution in [2.45, 2.75) is 13.8 Å². The lowest BCUT2D eigenvalue weighted by Crippen LogP contribution is -1.94. The van der Waals surface area contributed by atoms with Gasteiger partial charge in [-0.2, -0.15) is 5.26 Å². The molecular weight excluding hydrogens is 210 g/mol. The Kier molecular flexibility index (Phi) is 2.80. The van der Waals surface area contributed by atoms with Crippen LogP contribution in [0.4, 0.5) is 5.82 Å². The van der Waals surface area contributed by atoms with Crippen LogP contribution in [0.1, 0.15) is 16.7 Å². The number of anilines is 1. The second-order valence-electron chi connectivity index (χ2n) is 4.07. The van der Waals surface area contributed by atoms with E-state index in [9.17, 15) is 0 Å². The molecule has 3 nitrogen and oxygen atoms in total. The van der Waals surface area contributed by atoms with Crippen LogP contribution in [0.2, 0.25) is 0 Å². The fraction of sp³-hybridized carbons (Fsp3) is 0.143. The van der Waals surface area contributed by atoms with Crippen LogP contribution in [0.5, 0.6) is 0 Å². The number of pyridine rings is 1. The number of benzene rings is 1. The minimum Gasteiger partial charge on any atom is -0.383 e. The van der Waals surface area contributed by atoms with E-state index < -0.39 is 0 Å². The van der Waals surface area contributed by atoms with Crippen molar-refractivity contribution in [3.63, 3.8) is 0 Å². The first-order valence-corrected chi connectivity index (χ1v) is 5.35. The van der Waals surface area contributed by atoms with Gasteiger partial charge in [0, 0.05) is 11.8 Å². The predicted molar refractivity (Wildman–Crippen MR) is 68.3 cm³/mol. The van der Waals surface area contributed by atoms with Crippen molar-refractivity contribution >= 4 is 5.82 Å². The molecule has 2 rings (SSSR count). The number of hydrogen-bond acceptors (Lipinski definition) is 3. The Balaban J connectivity index is 2.54. The molecule has 0 aliphatic heterocycles. The summed E-state index contributed by atoms with van der Waals surface area (Å²) < 4.78 is 0. The van der Waals surface area contributed by atoms with E-state index in [0.717, 1.165) is 22.3 Å². The summed E-state index contributed by atoms with van der Waals surface area (Å²) in [5.41, 5.74) is 10.3. The van der Waals surface area contributed by atoms with Crippen molar-refractivity contribution in [1.82, 2.24) is 4.98 Å². The number of aromatic nitrogens is 1. The normalized spacial score (nSPS) is 9.94. The minimum atomic E-state index is 0.543. The molecule has 17 heavy (non-hydrogen) atoms. The third kappa shape index (κ3) is 2.11. The summed E-state index contributed by atoms with van der Waals surface area (Å²) in [6.07, 6.45) is 1.73. The van der Waals surface area contributed by atoms with Crippen LogP contribution in [-0.2, 0) is 0 Å². The van der Waals surface area contributed by atoms with Crippen LogP contribution in [0.15, 0.2) is 30.5 Å². The van der Waals surface area contributed by atoms with Crippen molar-refractivity contribution in [3.8, 4) is 17.2 Å². The highest BCUT2D eigenvalue weighted by atomic mass is 14.8. The summed E-state index contributed by atoms with van der Waals surface area (Å²) in [5.74, 6) is 0.543. The number of nitrogens with two attached hydrogens (primary N) is 1. The molecule has 1 aromatic carbocycles. The lowest BCUT2D eigenvalue weighted by molar-refractivity contribution is 1.28. The van der Waals surface area contributed by atoms with Gasteiger partial charge in [0.15, 0.2) is 0 Å². The quantitative estimate of drug-likeness (QED) is 0.808. The third-order valence-electron chi connectivity index (χ3n) is 2.81. The third-order valence-corrected chi connectivity index (χ3v) is 2.81. The monoisotopic (exact) mass is 223 g/mol. The Bertz CT molecular complexity index is 609. The van der Waals surface area contributed by atoms with E-state index in [0.29, 0.717) is 11.4 Å². The van der Waals surface area contributed by atoms with Crippen molar-refractivity contribution in [1.29, 1.82) is 5.26 Å². The van der Waals surface area contributed by atoms with Crippen LogP contribution >= 0.6 is 0 Å². The molecule has 0 aliphatic rings. The molecule has 0 amide bonds. The predicted octanol–water partition coefficient (Wildman–Crippen LogP) is 2.82. The Labute approximate surface area is 101 Å². The number of rotatable bonds is 1. The van der Waals surface area contributed by atoms with Crippen LogP contribution in [0.25, 0.3) is 11.1 Å². The molecular formula is C14H13N3. The van der Waals surface area contributed by atoms with Gasteiger partial charge in [-0.25, -0.2) is 4.98 Å². The Morgan fingerprint density at radius 1 is 1.12 bits per heavy atom. The van der Waals surface area contributed by atoms with Crippen molar-refractivity contribution in [3.05, 3.63) is 47.2 Å². The molecule has 1 heterocycles. The number of hydrogen-bond donors (Lipinski definition) is 1. The van der Waals surface area contributed by atoms with E-state index in [-0.39, 0.29) is 0 Å². The molecule has 0 bridgehead atoms. The van der Waals surface area contributed by atoms with E-state index >= 15 is 0 Å². The summed E-state index contributed by atoms with van der Waals surface area (Å²) in [6, 6.07) is 9.98. The molecule has 2 aromatic rings. The fourth-order valence-corrected chi connectivity index (χ4v) is 1.67. The minimum absolute atomic E-state index is 0.543. The van der Waals surface area contributed by atoms with Crippen molar-refractivity contribution in [2.24, 2.45) is 0 Å². The highest BCUT2D eigenvalue weighted by molar-refractivity contribution is 5.67. The van der Waals surface area contributed by atoms with Gasteiger partial charge in [0.05, 0.1) is 11.6 Å². The van der Waals surface area contributed by atoms with Crippen LogP contribution in [0.3, 0.4) is 0 Å². The highest BCUT2D eigenvalue weighted by Crippen LogP contribution is 2.23. The highest BCUT2D eigenvalue weighted by Gasteiger charge is 2.04. The second-order valence-corrected chi connectivity index (χ2v) is 4.07. The Hall–Kier alpha value is -2.34. The largest absolute Gasteiger partial charge is 0.383 e. The van der Waals surface area contributed by atoms with Crippen molar-refractivity contribution in [2.75, 3.05) is 5.73 Å². The zero-order chi connectivity index (χ0) is 12.4. The van der Waals surface area contributed by atoms with E-state index in [2.05, 4.69) is 11.1 Å². The number of nitrogens with zero attached hydrogens (tertiary/aromatic N) is 2. The SMILES string of the molecule is Cc1ccc(-c2cnc(N)c(C)c2)cc1C#N. The van der Waals surface area contributed by atoms with Crippen molar-refractivity contribution < 1.29 is 0 Å². The average molecular weight is 223 g/mol. The van der Waals surface area contributed by atoms with Gasteiger partial charge in [0.1, 0.15) is 5.82 Å². The van der Waals surface area contributed by atoms with Crippen LogP contribution < -0.4 is 5.73 Å². The summed E-state index contributed by atoms with van der Waals surface area (Å²) in [4.78, 5) is 4.13. The van der Waals surface area contributed by atoms with Gasteiger partial charge in [0.25, 0.3) is 0 Å². The molecule has 0 unspecified atom stereocenters. The molecule has 0 saturated heterocycles. The fourth-order valence-electron chi connectivity index (χ4n) is 1.67. The molecule has 0 atom stereocenters. The first-order chi connectivity index (χ1) is 8.11. The standard InChI is InChI=1S/C14H13N3/c1-9-3-4-11(6-12(9)7-15)13-5-10(2)14(16)17-8-13/h3-6,8H,1-2H3,(H2,16,17). The molecule has 0 fully saturated rings. The molecule has 3 heteroatoms. The zero-order valence-electron chi connectivity index (χ0n) is 9.86. The van der Waals surface area contributed by atoms with Crippen LogP contribution in [0, 0.1) is 25.2 Å². The number of aryl methyl sites for hydroxylation is 2. The number of nitrogen functional groups attached to an aromatic ring is 1. The molecule has 0 spiro atoms. The maximum atomic E-state index is 9.00. The first-order valence-electron chi connectivity index (χ1n) is 5.35. The summed E-state index contributed by atoms with van der Waals surface area (Å²) in [7, 11) is 0. The van der Waals surface area contributed by atoms with E-state index in [1.54, 1.807) is 6.20 Å². The summed E-state index contributed by atoms with van der Waals surface area (Å²) in [5, 5.41) is 9.00. The lowest BCUT2D eigenvalue weighted by atomic mass is 10.0. The topological polar surface area (TPSA) is 62.7 Å². The van der Waals surface area contributed by atoms with Gasteiger partial charge in [-0.1, -0.05) is 12.1 Å². The first kappa shape index (κ1) is 11.2. The summed E-state index contributed by atoms with van der Waals surface area (Å²) in [6.45, 7) is 3.85. The Morgan fingerprint density at radius 2 is 1.88 bits per heavy atom. The van der Waals surface area contributed by atoms with E-state index in [1.807, 2.05) is 38.1 Å². The average Bonchev–Trinajstić information content (AvgIpc) is 2.33. The Morgan fingerprint density at radius 3 is 2.53 bits per heavy atom. The maximum Gasteiger partial charge on any atom is 0.126 e. The molecule has 0 radical (unpaired) electrons. The number of nitriles is 1. The lowest BCUT2D eigenvalue weighted by Gasteiger charge is -2.06. The zero-order valence-corrected chi connectivity index (χ0v) is 9.86. The van der Waals surface area contributed by atoms with Gasteiger partial charge >= 0.3 is 0 Å². The van der Waals surface area contributed by atoms with Gasteiger partial charge in [-0.3, -0.25) is 0 Å². The molecule has 0 saturated carbocycles. The maximum absolute atomic E-state index is 9.00. The second kappa shape index (κ2) is 4.26. The molecule has 1 aromatic heterocycles. The molecule has 2 N–H and O–H groups in total. The smallest absolute Gasteiger partial charge is 0.126 e. The summed E-state index contributed by atoms with van der Waals surface area (Å²) >= 11 is 0. The van der Waals surface area contributed by atoms with Gasteiger partial charge < -0.3 is 5.73 Å². The van der Waals surface area contributed by atoms with Crippen LogP contribution in [-0.4, -0.2) is 4.98 Å². The van der Waals surface area contributed by atoms with Gasteiger partial charge in [-0.15, -0.1) is 0 Å². The van der Waals surface area contributed by atoms with Gasteiger partial charge in [-0.05, 0) is 42.7 Å². The van der Waals surface area contributed by atoms with E-state index in [4.69, 9.17) is 11.0 Å². The van der Waals surface area contributed by atoms with Gasteiger partial charge in [0.2, 0.25) is 0 Å². The molecule has 0 aliphatic carbocycles. The van der Waals surface area contributed by atoms with E-state index in [1.165, 1.54) is 0 Å².